The first-order chi connectivity index (χ1) is 16.3. The first-order valence-corrected chi connectivity index (χ1v) is 11.4. The molecule has 0 bridgehead atoms. The molecule has 6 rings (SSSR count). The Labute approximate surface area is 193 Å². The fraction of sp³-hybridized carbons (Fsp3) is 0.478. The molecule has 2 aliphatic rings. The summed E-state index contributed by atoms with van der Waals surface area (Å²) in [6.45, 7) is 0.788. The molecule has 1 aliphatic carbocycles. The number of rotatable bonds is 5. The Morgan fingerprint density at radius 1 is 1.24 bits per heavy atom. The summed E-state index contributed by atoms with van der Waals surface area (Å²) in [5.74, 6) is -0.863. The highest BCUT2D eigenvalue weighted by atomic mass is 19.3. The van der Waals surface area contributed by atoms with E-state index in [4.69, 9.17) is 10.5 Å². The van der Waals surface area contributed by atoms with Gasteiger partial charge in [0, 0.05) is 49.7 Å². The van der Waals surface area contributed by atoms with E-state index < -0.39 is 11.7 Å². The van der Waals surface area contributed by atoms with E-state index in [9.17, 15) is 13.2 Å². The maximum Gasteiger partial charge on any atom is 0.249 e. The molecule has 1 atom stereocenters. The van der Waals surface area contributed by atoms with E-state index in [1.807, 2.05) is 6.20 Å². The summed E-state index contributed by atoms with van der Waals surface area (Å²) in [6, 6.07) is 2.62. The van der Waals surface area contributed by atoms with Crippen LogP contribution in [0.25, 0.3) is 16.6 Å². The standard InChI is InChI=1S/C23H24F3N7O/c1-34-17-8-14(24)7-16-19(17)30-22(27)33-21(16)29-18(31-33)3-2-12-4-5-32-15(6-12)11-28-20(32)13-9-23(25,26)10-13/h7-8,11-13H,2-6,9-10H2,1H3,(H2,27,30). The fourth-order valence-electron chi connectivity index (χ4n) is 5.28. The molecule has 4 heterocycles. The van der Waals surface area contributed by atoms with Gasteiger partial charge in [-0.1, -0.05) is 0 Å². The Balaban J connectivity index is 1.20. The van der Waals surface area contributed by atoms with Crippen molar-refractivity contribution < 1.29 is 17.9 Å². The highest BCUT2D eigenvalue weighted by Crippen LogP contribution is 2.48. The van der Waals surface area contributed by atoms with Gasteiger partial charge in [-0.05, 0) is 31.2 Å². The molecule has 1 saturated carbocycles. The highest BCUT2D eigenvalue weighted by molar-refractivity contribution is 5.95. The van der Waals surface area contributed by atoms with Gasteiger partial charge in [-0.15, -0.1) is 5.10 Å². The molecule has 8 nitrogen and oxygen atoms in total. The van der Waals surface area contributed by atoms with Gasteiger partial charge in [0.2, 0.25) is 11.9 Å². The van der Waals surface area contributed by atoms with Gasteiger partial charge in [0.15, 0.2) is 11.5 Å². The van der Waals surface area contributed by atoms with E-state index in [1.54, 1.807) is 0 Å². The molecule has 0 saturated heterocycles. The number of nitrogens with zero attached hydrogens (tertiary/aromatic N) is 6. The number of ether oxygens (including phenoxy) is 1. The lowest BCUT2D eigenvalue weighted by Crippen LogP contribution is -2.36. The van der Waals surface area contributed by atoms with Crippen LogP contribution in [0.2, 0.25) is 0 Å². The van der Waals surface area contributed by atoms with Crippen molar-refractivity contribution in [2.45, 2.75) is 56.9 Å². The second kappa shape index (κ2) is 7.57. The monoisotopic (exact) mass is 471 g/mol. The predicted molar refractivity (Wildman–Crippen MR) is 118 cm³/mol. The maximum atomic E-state index is 14.1. The van der Waals surface area contributed by atoms with Gasteiger partial charge in [-0.3, -0.25) is 0 Å². The number of methoxy groups -OCH3 is 1. The number of anilines is 1. The number of hydrogen-bond acceptors (Lipinski definition) is 6. The lowest BCUT2D eigenvalue weighted by Gasteiger charge is -2.35. The van der Waals surface area contributed by atoms with Crippen LogP contribution in [0.3, 0.4) is 0 Å². The Morgan fingerprint density at radius 2 is 2.06 bits per heavy atom. The van der Waals surface area contributed by atoms with Crippen molar-refractivity contribution in [2.24, 2.45) is 5.92 Å². The third-order valence-corrected chi connectivity index (χ3v) is 7.05. The second-order valence-corrected chi connectivity index (χ2v) is 9.36. The molecule has 1 fully saturated rings. The number of nitrogens with two attached hydrogens (primary N) is 1. The number of aryl methyl sites for hydroxylation is 1. The van der Waals surface area contributed by atoms with Crippen LogP contribution < -0.4 is 10.5 Å². The summed E-state index contributed by atoms with van der Waals surface area (Å²) in [5, 5.41) is 4.99. The maximum absolute atomic E-state index is 14.1. The summed E-state index contributed by atoms with van der Waals surface area (Å²) in [6.07, 6.45) is 4.92. The average molecular weight is 471 g/mol. The number of benzene rings is 1. The van der Waals surface area contributed by atoms with E-state index in [1.165, 1.54) is 23.8 Å². The molecule has 11 heteroatoms. The average Bonchev–Trinajstić information content (AvgIpc) is 3.40. The van der Waals surface area contributed by atoms with Crippen LogP contribution in [0.1, 0.15) is 48.9 Å². The number of halogens is 3. The largest absolute Gasteiger partial charge is 0.494 e. The molecule has 1 unspecified atom stereocenters. The number of nitrogen functional groups attached to an aromatic ring is 1. The van der Waals surface area contributed by atoms with Crippen LogP contribution in [-0.4, -0.2) is 42.2 Å². The van der Waals surface area contributed by atoms with Gasteiger partial charge in [-0.2, -0.15) is 4.52 Å². The minimum absolute atomic E-state index is 0.102. The summed E-state index contributed by atoms with van der Waals surface area (Å²) >= 11 is 0. The summed E-state index contributed by atoms with van der Waals surface area (Å²) < 4.78 is 49.5. The third-order valence-electron chi connectivity index (χ3n) is 7.05. The molecule has 1 aromatic carbocycles. The normalized spacial score (nSPS) is 19.9. The van der Waals surface area contributed by atoms with E-state index >= 15 is 0 Å². The molecule has 1 aliphatic heterocycles. The zero-order valence-corrected chi connectivity index (χ0v) is 18.6. The number of aromatic nitrogens is 6. The highest BCUT2D eigenvalue weighted by Gasteiger charge is 2.48. The smallest absolute Gasteiger partial charge is 0.249 e. The van der Waals surface area contributed by atoms with Crippen molar-refractivity contribution in [2.75, 3.05) is 12.8 Å². The van der Waals surface area contributed by atoms with Crippen LogP contribution in [0, 0.1) is 11.7 Å². The number of imidazole rings is 1. The van der Waals surface area contributed by atoms with Gasteiger partial charge < -0.3 is 15.0 Å². The Hall–Kier alpha value is -3.37. The zero-order chi connectivity index (χ0) is 23.6. The van der Waals surface area contributed by atoms with E-state index in [-0.39, 0.29) is 30.5 Å². The fourth-order valence-corrected chi connectivity index (χ4v) is 5.28. The molecule has 0 spiro atoms. The van der Waals surface area contributed by atoms with Gasteiger partial charge in [0.1, 0.15) is 22.9 Å². The molecule has 0 radical (unpaired) electrons. The van der Waals surface area contributed by atoms with E-state index in [0.717, 1.165) is 37.3 Å². The summed E-state index contributed by atoms with van der Waals surface area (Å²) in [4.78, 5) is 13.4. The summed E-state index contributed by atoms with van der Waals surface area (Å²) in [5.41, 5.74) is 8.08. The molecule has 0 amide bonds. The van der Waals surface area contributed by atoms with Crippen LogP contribution in [-0.2, 0) is 19.4 Å². The minimum atomic E-state index is -2.55. The van der Waals surface area contributed by atoms with Gasteiger partial charge in [-0.25, -0.2) is 28.1 Å². The Morgan fingerprint density at radius 3 is 2.82 bits per heavy atom. The molecule has 3 aromatic heterocycles. The second-order valence-electron chi connectivity index (χ2n) is 9.36. The molecule has 178 valence electrons. The molecule has 4 aromatic rings. The number of fused-ring (bicyclic) bond motifs is 4. The molecule has 2 N–H and O–H groups in total. The van der Waals surface area contributed by atoms with Gasteiger partial charge in [0.25, 0.3) is 0 Å². The third kappa shape index (κ3) is 3.45. The van der Waals surface area contributed by atoms with Crippen molar-refractivity contribution in [3.05, 3.63) is 41.5 Å². The zero-order valence-electron chi connectivity index (χ0n) is 18.6. The topological polar surface area (TPSA) is 96.2 Å². The Bertz CT molecular complexity index is 1410. The van der Waals surface area contributed by atoms with Crippen molar-refractivity contribution in [1.82, 2.24) is 29.1 Å². The number of alkyl halides is 2. The predicted octanol–water partition coefficient (Wildman–Crippen LogP) is 3.91. The first-order valence-electron chi connectivity index (χ1n) is 11.4. The van der Waals surface area contributed by atoms with Crippen molar-refractivity contribution in [3.8, 4) is 5.75 Å². The van der Waals surface area contributed by atoms with Crippen LogP contribution >= 0.6 is 0 Å². The lowest BCUT2D eigenvalue weighted by molar-refractivity contribution is -0.0892. The van der Waals surface area contributed by atoms with Crippen molar-refractivity contribution in [1.29, 1.82) is 0 Å². The van der Waals surface area contributed by atoms with Crippen molar-refractivity contribution in [3.63, 3.8) is 0 Å². The van der Waals surface area contributed by atoms with E-state index in [2.05, 4.69) is 24.6 Å². The quantitative estimate of drug-likeness (QED) is 0.474. The van der Waals surface area contributed by atoms with Crippen LogP contribution in [0.5, 0.6) is 5.75 Å². The van der Waals surface area contributed by atoms with E-state index in [0.29, 0.717) is 34.7 Å². The van der Waals surface area contributed by atoms with Crippen LogP contribution in [0.15, 0.2) is 18.3 Å². The summed E-state index contributed by atoms with van der Waals surface area (Å²) in [7, 11) is 1.45. The lowest BCUT2D eigenvalue weighted by atomic mass is 9.80. The SMILES string of the molecule is COc1cc(F)cc2c1nc(N)n1nc(CCC3CCn4c(cnc4C4CC(F)(F)C4)C3)nc21. The first kappa shape index (κ1) is 21.2. The van der Waals surface area contributed by atoms with Crippen LogP contribution in [0.4, 0.5) is 19.1 Å². The molecule has 34 heavy (non-hydrogen) atoms. The van der Waals surface area contributed by atoms with Crippen molar-refractivity contribution >= 4 is 22.5 Å². The van der Waals surface area contributed by atoms with Gasteiger partial charge in [0.05, 0.1) is 12.5 Å². The van der Waals surface area contributed by atoms with Gasteiger partial charge >= 0.3 is 0 Å². The Kier molecular flexibility index (Phi) is 4.72. The molecular formula is C23H24F3N7O. The minimum Gasteiger partial charge on any atom is -0.494 e. The molecular weight excluding hydrogens is 447 g/mol. The number of hydrogen-bond donors (Lipinski definition) is 1.